The van der Waals surface area contributed by atoms with Crippen molar-refractivity contribution in [3.8, 4) is 0 Å². The molecule has 6 atom stereocenters. The Morgan fingerprint density at radius 3 is 2.00 bits per heavy atom. The highest BCUT2D eigenvalue weighted by molar-refractivity contribution is 8.55. The average Bonchev–Trinajstić information content (AvgIpc) is 3.37. The molecule has 0 aliphatic carbocycles. The Morgan fingerprint density at radius 1 is 1.02 bits per heavy atom. The minimum Gasteiger partial charge on any atom is -0.438 e. The first-order valence-electron chi connectivity index (χ1n) is 16.7. The summed E-state index contributed by atoms with van der Waals surface area (Å²) in [5.41, 5.74) is -3.13. The maximum Gasteiger partial charge on any atom is 0.395 e. The predicted molar refractivity (Wildman–Crippen MR) is 195 cm³/mol. The number of nitrogens with one attached hydrogen (secondary N) is 1. The Labute approximate surface area is 310 Å². The van der Waals surface area contributed by atoms with Crippen LogP contribution in [0, 0.1) is 17.4 Å². The first-order chi connectivity index (χ1) is 24.1. The number of H-pyrrole nitrogens is 1. The monoisotopic (exact) mass is 796 g/mol. The van der Waals surface area contributed by atoms with E-state index in [1.54, 1.807) is 48.5 Å². The van der Waals surface area contributed by atoms with E-state index in [1.165, 1.54) is 13.3 Å². The summed E-state index contributed by atoms with van der Waals surface area (Å²) in [5, 5.41) is -0.833. The van der Waals surface area contributed by atoms with Crippen molar-refractivity contribution in [3.05, 3.63) is 44.5 Å². The van der Waals surface area contributed by atoms with Gasteiger partial charge in [0.05, 0.1) is 10.8 Å². The van der Waals surface area contributed by atoms with E-state index in [4.69, 9.17) is 43.6 Å². The average molecular weight is 797 g/mol. The number of methoxy groups -OCH3 is 1. The molecule has 4 unspecified atom stereocenters. The lowest BCUT2D eigenvalue weighted by atomic mass is 9.98. The third-order valence-corrected chi connectivity index (χ3v) is 13.5. The Kier molecular flexibility index (Phi) is 17.7. The molecular weight excluding hydrogens is 742 g/mol. The fraction of sp³-hybridized carbons (Fsp3) is 0.781. The number of ether oxygens (including phenoxy) is 4. The summed E-state index contributed by atoms with van der Waals surface area (Å²) in [6, 6.07) is 1.05. The quantitative estimate of drug-likeness (QED) is 0.0610. The zero-order valence-corrected chi connectivity index (χ0v) is 34.6. The molecule has 2 heterocycles. The SMILES string of the molecule is [C-]#[N+]CCOP(OC1C(OC)[C@H](n2ccc(=O)[nH]c2=O)O[C@@H]1C(C)SP(=O)(OCOC(=O)C(C)(C)C)OCOC(=O)C(C)(C)C)N(C(C)C)C(C)C. The lowest BCUT2D eigenvalue weighted by Gasteiger charge is -2.38. The Balaban J connectivity index is 2.57. The summed E-state index contributed by atoms with van der Waals surface area (Å²) in [7, 11) is -0.464. The molecule has 17 nitrogen and oxygen atoms in total. The molecule has 1 aromatic rings. The minimum absolute atomic E-state index is 0.0566. The van der Waals surface area contributed by atoms with E-state index in [9.17, 15) is 23.7 Å². The second-order valence-electron chi connectivity index (χ2n) is 14.4. The second kappa shape index (κ2) is 20.0. The largest absolute Gasteiger partial charge is 0.438 e. The fourth-order valence-electron chi connectivity index (χ4n) is 4.74. The highest BCUT2D eigenvalue weighted by Crippen LogP contribution is 2.64. The van der Waals surface area contributed by atoms with Crippen molar-refractivity contribution in [1.82, 2.24) is 14.2 Å². The molecule has 0 aromatic carbocycles. The van der Waals surface area contributed by atoms with Gasteiger partial charge < -0.3 is 32.8 Å². The van der Waals surface area contributed by atoms with E-state index in [0.717, 1.165) is 10.6 Å². The van der Waals surface area contributed by atoms with Crippen LogP contribution in [0.3, 0.4) is 0 Å². The van der Waals surface area contributed by atoms with Gasteiger partial charge in [0.2, 0.25) is 20.1 Å². The first kappa shape index (κ1) is 46.0. The van der Waals surface area contributed by atoms with Gasteiger partial charge in [0, 0.05) is 36.7 Å². The van der Waals surface area contributed by atoms with Crippen molar-refractivity contribution in [2.45, 2.75) is 118 Å². The normalized spacial score (nSPS) is 21.0. The van der Waals surface area contributed by atoms with E-state index in [-0.39, 0.29) is 25.2 Å². The van der Waals surface area contributed by atoms with Gasteiger partial charge >= 0.3 is 24.4 Å². The highest BCUT2D eigenvalue weighted by Gasteiger charge is 2.53. The van der Waals surface area contributed by atoms with Gasteiger partial charge in [-0.25, -0.2) is 20.6 Å². The van der Waals surface area contributed by atoms with Gasteiger partial charge in [-0.1, -0.05) is 6.92 Å². The van der Waals surface area contributed by atoms with Gasteiger partial charge in [-0.15, -0.1) is 0 Å². The van der Waals surface area contributed by atoms with Gasteiger partial charge in [-0.3, -0.25) is 33.0 Å². The molecule has 1 aromatic heterocycles. The zero-order valence-electron chi connectivity index (χ0n) is 32.0. The Bertz CT molecular complexity index is 1490. The van der Waals surface area contributed by atoms with Crippen LogP contribution in [0.1, 0.15) is 82.4 Å². The molecule has 0 amide bonds. The van der Waals surface area contributed by atoms with E-state index < -0.39 is 92.7 Å². The van der Waals surface area contributed by atoms with Crippen molar-refractivity contribution >= 4 is 38.6 Å². The standard InChI is InChI=1S/C32H54N4O13P2S/c1-20(2)36(21(3)4)50(45-17-15-33-12)49-25-24(48-27(26(25)42-13)35-16-14-23(37)34-30(35)40)22(5)52-51(41,46-18-43-28(38)31(6,7)8)47-19-44-29(39)32(9,10)11/h14,16,20-22,24-27H,15,17-19H2,1-11,13H3,(H,34,37,40)/t22?,24-,25?,26?,27-,50?/m1/s1. The number of rotatable bonds is 19. The number of carbonyl (C=O) groups excluding carboxylic acids is 2. The molecule has 52 heavy (non-hydrogen) atoms. The summed E-state index contributed by atoms with van der Waals surface area (Å²) in [4.78, 5) is 55.4. The van der Waals surface area contributed by atoms with Crippen LogP contribution in [0.15, 0.2) is 21.9 Å². The van der Waals surface area contributed by atoms with Gasteiger partial charge in [0.15, 0.2) is 6.23 Å². The molecule has 1 saturated heterocycles. The number of carbonyl (C=O) groups is 2. The molecule has 0 spiro atoms. The Morgan fingerprint density at radius 2 is 1.56 bits per heavy atom. The van der Waals surface area contributed by atoms with Crippen molar-refractivity contribution in [2.24, 2.45) is 10.8 Å². The van der Waals surface area contributed by atoms with Crippen LogP contribution in [-0.2, 0) is 51.2 Å². The van der Waals surface area contributed by atoms with Crippen molar-refractivity contribution < 1.29 is 51.2 Å². The lowest BCUT2D eigenvalue weighted by molar-refractivity contribution is -0.161. The van der Waals surface area contributed by atoms with Crippen molar-refractivity contribution in [2.75, 3.05) is 33.8 Å². The summed E-state index contributed by atoms with van der Waals surface area (Å²) in [6.45, 7) is 21.0. The number of esters is 2. The molecule has 296 valence electrons. The number of aromatic nitrogens is 2. The predicted octanol–water partition coefficient (Wildman–Crippen LogP) is 5.47. The summed E-state index contributed by atoms with van der Waals surface area (Å²) < 4.78 is 64.2. The molecule has 0 radical (unpaired) electrons. The van der Waals surface area contributed by atoms with Crippen molar-refractivity contribution in [3.63, 3.8) is 0 Å². The maximum atomic E-state index is 14.3. The smallest absolute Gasteiger partial charge is 0.395 e. The van der Waals surface area contributed by atoms with Crippen LogP contribution in [-0.4, -0.2) is 95.7 Å². The minimum atomic E-state index is -4.31. The van der Waals surface area contributed by atoms with Crippen LogP contribution in [0.4, 0.5) is 0 Å². The number of nitrogens with zero attached hydrogens (tertiary/aromatic N) is 3. The molecular formula is C32H54N4O13P2S. The van der Waals surface area contributed by atoms with Gasteiger partial charge in [0.25, 0.3) is 14.1 Å². The van der Waals surface area contributed by atoms with Crippen LogP contribution in [0.2, 0.25) is 0 Å². The zero-order chi connectivity index (χ0) is 39.6. The topological polar surface area (TPSA) is 188 Å². The number of aromatic amines is 1. The summed E-state index contributed by atoms with van der Waals surface area (Å²) in [6.07, 6.45) is -2.86. The number of hydrogen-bond acceptors (Lipinski definition) is 15. The molecule has 1 N–H and O–H groups in total. The highest BCUT2D eigenvalue weighted by atomic mass is 32.7. The maximum absolute atomic E-state index is 14.3. The van der Waals surface area contributed by atoms with E-state index >= 15 is 0 Å². The Hall–Kier alpha value is -2.16. The van der Waals surface area contributed by atoms with Crippen LogP contribution in [0.25, 0.3) is 4.85 Å². The first-order valence-corrected chi connectivity index (χ1v) is 20.8. The van der Waals surface area contributed by atoms with Gasteiger partial charge in [-0.2, -0.15) is 0 Å². The van der Waals surface area contributed by atoms with Crippen LogP contribution >= 0.6 is 26.7 Å². The van der Waals surface area contributed by atoms with Gasteiger partial charge in [0.1, 0.15) is 24.9 Å². The molecule has 0 saturated carbocycles. The van der Waals surface area contributed by atoms with E-state index in [0.29, 0.717) is 11.4 Å². The third kappa shape index (κ3) is 13.3. The van der Waals surface area contributed by atoms with E-state index in [1.807, 2.05) is 32.4 Å². The summed E-state index contributed by atoms with van der Waals surface area (Å²) in [5.74, 6) is -1.24. The molecule has 1 aliphatic rings. The van der Waals surface area contributed by atoms with E-state index in [2.05, 4.69) is 9.83 Å². The molecule has 0 bridgehead atoms. The fourth-order valence-corrected chi connectivity index (χ4v) is 10.00. The molecule has 2 rings (SSSR count). The van der Waals surface area contributed by atoms with Crippen LogP contribution in [0.5, 0.6) is 0 Å². The summed E-state index contributed by atoms with van der Waals surface area (Å²) >= 11 is 0.688. The van der Waals surface area contributed by atoms with Crippen LogP contribution < -0.4 is 11.2 Å². The second-order valence-corrected chi connectivity index (χ2v) is 20.2. The third-order valence-electron chi connectivity index (χ3n) is 7.27. The number of hydrogen-bond donors (Lipinski definition) is 1. The molecule has 1 fully saturated rings. The van der Waals surface area contributed by atoms with Gasteiger partial charge in [-0.05, 0) is 80.6 Å². The van der Waals surface area contributed by atoms with Crippen molar-refractivity contribution in [1.29, 1.82) is 0 Å². The molecule has 20 heteroatoms. The lowest BCUT2D eigenvalue weighted by Crippen LogP contribution is -2.42. The molecule has 1 aliphatic heterocycles.